The molecule has 0 spiro atoms. The van der Waals surface area contributed by atoms with Crippen molar-refractivity contribution in [1.29, 1.82) is 0 Å². The number of ether oxygens (including phenoxy) is 4. The molecule has 0 aliphatic carbocycles. The second-order valence-corrected chi connectivity index (χ2v) is 33.2. The van der Waals surface area contributed by atoms with E-state index in [0.29, 0.717) is 0 Å². The Hall–Kier alpha value is -3.56. The summed E-state index contributed by atoms with van der Waals surface area (Å²) in [5.74, 6) is -0.995. The zero-order valence-electron chi connectivity index (χ0n) is 52.7. The van der Waals surface area contributed by atoms with Crippen LogP contribution in [-0.4, -0.2) is 50.2 Å². The molecule has 4 heterocycles. The van der Waals surface area contributed by atoms with E-state index in [1.165, 1.54) is 22.3 Å². The molecule has 2 saturated heterocycles. The lowest BCUT2D eigenvalue weighted by Crippen LogP contribution is -2.60. The van der Waals surface area contributed by atoms with Gasteiger partial charge in [0, 0.05) is 50.9 Å². The van der Waals surface area contributed by atoms with E-state index >= 15 is 0 Å². The van der Waals surface area contributed by atoms with Crippen molar-refractivity contribution in [2.45, 2.75) is 260 Å². The van der Waals surface area contributed by atoms with E-state index in [1.807, 2.05) is 13.8 Å². The molecule has 2 fully saturated rings. The molecule has 5 atom stereocenters. The van der Waals surface area contributed by atoms with Gasteiger partial charge in [0.2, 0.25) is 0 Å². The summed E-state index contributed by atoms with van der Waals surface area (Å²) < 4.78 is 70.3. The van der Waals surface area contributed by atoms with Crippen LogP contribution in [0.5, 0.6) is 0 Å². The smallest absolute Gasteiger partial charge is 0.387 e. The number of hydrogen-bond acceptors (Lipinski definition) is 10. The Kier molecular flexibility index (Phi) is 15.6. The highest BCUT2D eigenvalue weighted by Gasteiger charge is 2.57. The van der Waals surface area contributed by atoms with Crippen LogP contribution in [0.2, 0.25) is 0 Å². The van der Waals surface area contributed by atoms with Gasteiger partial charge in [-0.25, -0.2) is 0 Å². The van der Waals surface area contributed by atoms with Gasteiger partial charge in [0.25, 0.3) is 0 Å². The number of hydrogen-bond donors (Lipinski definition) is 0. The average molecular weight is 1110 g/mol. The number of rotatable bonds is 6. The highest BCUT2D eigenvalue weighted by atomic mass is 31.1. The molecule has 0 unspecified atom stereocenters. The van der Waals surface area contributed by atoms with Gasteiger partial charge >= 0.3 is 16.5 Å². The maximum absolute atomic E-state index is 7.44. The van der Waals surface area contributed by atoms with Crippen LogP contribution in [0.25, 0.3) is 43.9 Å². The van der Waals surface area contributed by atoms with Crippen molar-refractivity contribution in [2.75, 3.05) is 13.7 Å². The molecule has 0 saturated carbocycles. The van der Waals surface area contributed by atoms with Crippen molar-refractivity contribution >= 4 is 60.4 Å². The lowest BCUT2D eigenvalue weighted by atomic mass is 9.77. The van der Waals surface area contributed by atoms with E-state index in [-0.39, 0.29) is 49.9 Å². The number of methoxy groups -OCH3 is 1. The van der Waals surface area contributed by atoms with Crippen molar-refractivity contribution in [1.82, 2.24) is 0 Å². The maximum Gasteiger partial charge on any atom is 0.387 e. The molecule has 8 rings (SSSR count). The van der Waals surface area contributed by atoms with Crippen LogP contribution < -0.4 is 9.05 Å². The van der Waals surface area contributed by atoms with Gasteiger partial charge in [0.15, 0.2) is 12.1 Å². The fourth-order valence-electron chi connectivity index (χ4n) is 10.6. The van der Waals surface area contributed by atoms with Crippen molar-refractivity contribution < 1.29 is 44.8 Å². The van der Waals surface area contributed by atoms with Crippen LogP contribution in [0.15, 0.2) is 65.3 Å². The topological polar surface area (TPSA) is 108 Å². The summed E-state index contributed by atoms with van der Waals surface area (Å²) in [7, 11) is -2.73. The van der Waals surface area contributed by atoms with Crippen LogP contribution in [-0.2, 0) is 62.3 Å². The zero-order valence-corrected chi connectivity index (χ0v) is 54.5. The van der Waals surface area contributed by atoms with Crippen LogP contribution in [0.1, 0.15) is 225 Å². The molecular weight excluding hydrogens is 1010 g/mol. The molecule has 2 aliphatic rings. The second kappa shape index (κ2) is 20.1. The van der Waals surface area contributed by atoms with E-state index in [9.17, 15) is 0 Å². The summed E-state index contributed by atoms with van der Waals surface area (Å²) in [5, 5.41) is 3.93. The first-order chi connectivity index (χ1) is 35.4. The molecule has 4 aromatic carbocycles. The van der Waals surface area contributed by atoms with Crippen LogP contribution in [0, 0.1) is 0 Å². The number of fused-ring (bicyclic) bond motifs is 7. The number of benzene rings is 4. The van der Waals surface area contributed by atoms with Crippen LogP contribution in [0.3, 0.4) is 0 Å². The Bertz CT molecular complexity index is 3130. The molecule has 0 bridgehead atoms. The summed E-state index contributed by atoms with van der Waals surface area (Å²) in [6, 6.07) is 18.4. The fraction of sp³-hybridized carbons (Fsp3) is 0.636. The predicted molar refractivity (Wildman–Crippen MR) is 324 cm³/mol. The molecule has 0 amide bonds. The van der Waals surface area contributed by atoms with Gasteiger partial charge in [0.05, 0.1) is 6.61 Å². The molecule has 0 radical (unpaired) electrons. The minimum Gasteiger partial charge on any atom is -0.399 e. The Balaban J connectivity index is 1.40. The van der Waals surface area contributed by atoms with E-state index in [0.717, 1.165) is 66.1 Å². The lowest BCUT2D eigenvalue weighted by Gasteiger charge is -2.40. The standard InChI is InChI=1S/C66H96O10P2/c1-58(2,3)37-28-41-42-29-38(59(4,5)6)33-46(63(16,17)18)51(42)73-77(72-50(41)45(32-37)62(13,14)15)68-36-49-54(55-56(57(67-27)69-49)71-66(25,26)70-55)76-78-74-52-43(30-39(60(7,8)9)34-47(52)64(19,20)21)44-31-40(61(10,11)12)35-48(53(44)75-78)65(22,23)24/h28-35,49,54-57H,36H2,1-27H3/t49-,54-,55+,56+,57+/m1/s1. The van der Waals surface area contributed by atoms with Crippen LogP contribution in [0.4, 0.5) is 0 Å². The predicted octanol–water partition coefficient (Wildman–Crippen LogP) is 19.1. The van der Waals surface area contributed by atoms with Gasteiger partial charge in [-0.05, 0) is 104 Å². The molecule has 0 N–H and O–H groups in total. The first-order valence-corrected chi connectivity index (χ1v) is 30.5. The molecular formula is C66H96O10P2. The third-order valence-electron chi connectivity index (χ3n) is 15.5. The van der Waals surface area contributed by atoms with Gasteiger partial charge in [0.1, 0.15) is 46.7 Å². The summed E-state index contributed by atoms with van der Waals surface area (Å²) in [4.78, 5) is 0. The van der Waals surface area contributed by atoms with E-state index in [4.69, 9.17) is 44.8 Å². The van der Waals surface area contributed by atoms with Crippen molar-refractivity contribution in [2.24, 2.45) is 0 Å². The van der Waals surface area contributed by atoms with Gasteiger partial charge < -0.3 is 35.7 Å². The second-order valence-electron chi connectivity index (χ2n) is 31.1. The Morgan fingerprint density at radius 2 is 0.705 bits per heavy atom. The summed E-state index contributed by atoms with van der Waals surface area (Å²) in [5.41, 5.74) is 10.3. The van der Waals surface area contributed by atoms with E-state index in [2.05, 4.69) is 215 Å². The average Bonchev–Trinajstić information content (AvgIpc) is 3.42. The zero-order chi connectivity index (χ0) is 58.2. The monoisotopic (exact) mass is 1110 g/mol. The molecule has 12 heteroatoms. The largest absolute Gasteiger partial charge is 0.399 e. The SMILES string of the molecule is CO[C@H]1O[C@H](COp2oc3c(C(C)(C)C)cc(C(C)(C)C)cc3c3cc(C(C)(C)C)cc(C(C)(C)C)c3o2)[C@@H](Op2oc3c(C(C)(C)C)cc(C(C)(C)C)cc3c3cc(C(C)(C)C)cc(C(C)(C)C)c3o2)[C@@H]2OC(C)(C)O[C@H]12. The summed E-state index contributed by atoms with van der Waals surface area (Å²) >= 11 is 0. The maximum atomic E-state index is 7.44. The third-order valence-corrected chi connectivity index (χ3v) is 17.6. The van der Waals surface area contributed by atoms with Crippen LogP contribution >= 0.6 is 16.5 Å². The van der Waals surface area contributed by atoms with Gasteiger partial charge in [-0.3, -0.25) is 9.05 Å². The van der Waals surface area contributed by atoms with E-state index in [1.54, 1.807) is 7.11 Å². The molecule has 2 aliphatic heterocycles. The highest BCUT2D eigenvalue weighted by molar-refractivity contribution is 7.32. The van der Waals surface area contributed by atoms with Gasteiger partial charge in [-0.2, -0.15) is 0 Å². The minimum atomic E-state index is -2.22. The lowest BCUT2D eigenvalue weighted by molar-refractivity contribution is -0.262. The first-order valence-electron chi connectivity index (χ1n) is 28.3. The van der Waals surface area contributed by atoms with Gasteiger partial charge in [-0.15, -0.1) is 0 Å². The fourth-order valence-corrected chi connectivity index (χ4v) is 13.0. The molecule has 10 nitrogen and oxygen atoms in total. The first kappa shape index (κ1) is 60.5. The molecule has 78 heavy (non-hydrogen) atoms. The summed E-state index contributed by atoms with van der Waals surface area (Å²) in [6.45, 7) is 57.8. The van der Waals surface area contributed by atoms with Crippen molar-refractivity contribution in [3.05, 3.63) is 93.0 Å². The Labute approximate surface area is 469 Å². The van der Waals surface area contributed by atoms with E-state index < -0.39 is 53.0 Å². The quantitative estimate of drug-likeness (QED) is 0.160. The molecule has 430 valence electrons. The molecule has 6 aromatic rings. The third kappa shape index (κ3) is 12.3. The summed E-state index contributed by atoms with van der Waals surface area (Å²) in [6.07, 6.45) is -3.82. The highest BCUT2D eigenvalue weighted by Crippen LogP contribution is 2.50. The van der Waals surface area contributed by atoms with Gasteiger partial charge in [-0.1, -0.05) is 190 Å². The van der Waals surface area contributed by atoms with Crippen molar-refractivity contribution in [3.63, 3.8) is 0 Å². The normalized spacial score (nSPS) is 21.0. The Morgan fingerprint density at radius 3 is 0.987 bits per heavy atom. The minimum absolute atomic E-state index is 0.0233. The Morgan fingerprint density at radius 1 is 0.410 bits per heavy atom. The van der Waals surface area contributed by atoms with Crippen molar-refractivity contribution in [3.8, 4) is 0 Å². The molecule has 2 aromatic heterocycles.